The maximum atomic E-state index is 12.4. The van der Waals surface area contributed by atoms with Crippen molar-refractivity contribution in [2.24, 2.45) is 4.99 Å². The van der Waals surface area contributed by atoms with Crippen molar-refractivity contribution in [1.29, 1.82) is 5.26 Å². The predicted molar refractivity (Wildman–Crippen MR) is 51.4 cm³/mol. The summed E-state index contributed by atoms with van der Waals surface area (Å²) >= 11 is 0. The van der Waals surface area contributed by atoms with Crippen LogP contribution in [0.4, 0.5) is 13.2 Å². The molecule has 19 heavy (non-hydrogen) atoms. The molecule has 1 aromatic carbocycles. The fourth-order valence-corrected chi connectivity index (χ4v) is 1.02. The molecule has 1 N–H and O–H groups in total. The first-order chi connectivity index (χ1) is 8.38. The maximum absolute atomic E-state index is 12.4. The predicted octanol–water partition coefficient (Wildman–Crippen LogP) is 2.02. The van der Waals surface area contributed by atoms with Gasteiger partial charge in [0.15, 0.2) is 0 Å². The van der Waals surface area contributed by atoms with Crippen molar-refractivity contribution in [3.05, 3.63) is 35.4 Å². The molecule has 0 aliphatic heterocycles. The molecule has 5 nitrogen and oxygen atoms in total. The quantitative estimate of drug-likeness (QED) is 0.356. The molecule has 105 valence electrons. The smallest absolute Gasteiger partial charge is 0.417 e. The average molecular weight is 366 g/mol. The van der Waals surface area contributed by atoms with Gasteiger partial charge in [-0.25, -0.2) is 4.79 Å². The number of hydrogen-bond donors (Lipinski definition) is 1. The minimum Gasteiger partial charge on any atom is -0.443 e. The first-order valence-electron chi connectivity index (χ1n) is 4.20. The molecule has 1 aromatic rings. The molecule has 0 aromatic heterocycles. The van der Waals surface area contributed by atoms with Gasteiger partial charge in [-0.3, -0.25) is 4.79 Å². The van der Waals surface area contributed by atoms with Crippen LogP contribution < -0.4 is 0 Å². The van der Waals surface area contributed by atoms with Crippen LogP contribution >= 0.6 is 0 Å². The van der Waals surface area contributed by atoms with Crippen LogP contribution in [0.3, 0.4) is 0 Å². The van der Waals surface area contributed by atoms with E-state index in [-0.39, 0.29) is 22.4 Å². The van der Waals surface area contributed by atoms with Gasteiger partial charge in [0.25, 0.3) is 12.2 Å². The molecule has 1 radical (unpaired) electrons. The molecule has 0 bridgehead atoms. The summed E-state index contributed by atoms with van der Waals surface area (Å²) in [5.74, 6) is -1.25. The number of rotatable bonds is 1. The second-order valence-electron chi connectivity index (χ2n) is 2.65. The number of amides is 1. The second kappa shape index (κ2) is 9.08. The number of nitrogens with zero attached hydrogens (tertiary/aromatic N) is 2. The summed E-state index contributed by atoms with van der Waals surface area (Å²) in [5.41, 5.74) is -1.78. The molecule has 0 aliphatic carbocycles. The number of hydrogen-bond acceptors (Lipinski definition) is 4. The number of aliphatic hydroxyl groups excluding tert-OH is 1. The molecule has 0 unspecified atom stereocenters. The van der Waals surface area contributed by atoms with Gasteiger partial charge in [-0.2, -0.15) is 18.4 Å². The molecular weight excluding hydrogens is 361 g/mol. The second-order valence-corrected chi connectivity index (χ2v) is 2.65. The van der Waals surface area contributed by atoms with E-state index in [0.29, 0.717) is 0 Å². The molecule has 0 heterocycles. The molecule has 0 fully saturated rings. The third kappa shape index (κ3) is 6.55. The normalized spacial score (nSPS) is 8.74. The van der Waals surface area contributed by atoms with Gasteiger partial charge in [-0.15, -0.1) is 4.99 Å². The van der Waals surface area contributed by atoms with Crippen LogP contribution in [0.5, 0.6) is 0 Å². The Balaban J connectivity index is 0. The summed E-state index contributed by atoms with van der Waals surface area (Å²) in [6, 6.07) is 4.09. The molecule has 0 aliphatic rings. The van der Waals surface area contributed by atoms with Crippen LogP contribution in [0.15, 0.2) is 29.3 Å². The van der Waals surface area contributed by atoms with Crippen molar-refractivity contribution in [3.8, 4) is 6.26 Å². The summed E-state index contributed by atoms with van der Waals surface area (Å²) in [7, 11) is 0. The van der Waals surface area contributed by atoms with Gasteiger partial charge in [0, 0.05) is 22.4 Å². The zero-order valence-corrected chi connectivity index (χ0v) is 10.4. The SMILES string of the molecule is N#CO.O=C=NC(=O)c1ccccc1C(F)(F)F.[Ag]. The van der Waals surface area contributed by atoms with E-state index in [1.807, 2.05) is 0 Å². The van der Waals surface area contributed by atoms with E-state index in [9.17, 15) is 22.8 Å². The Morgan fingerprint density at radius 2 is 1.79 bits per heavy atom. The van der Waals surface area contributed by atoms with Crippen molar-refractivity contribution in [2.45, 2.75) is 6.18 Å². The van der Waals surface area contributed by atoms with E-state index in [0.717, 1.165) is 30.5 Å². The minimum atomic E-state index is -4.65. The summed E-state index contributed by atoms with van der Waals surface area (Å²) in [6.45, 7) is 0. The van der Waals surface area contributed by atoms with E-state index in [1.54, 1.807) is 0 Å². The number of isocyanates is 1. The molecule has 9 heteroatoms. The van der Waals surface area contributed by atoms with Crippen LogP contribution in [-0.4, -0.2) is 17.1 Å². The first-order valence-corrected chi connectivity index (χ1v) is 4.20. The Bertz CT molecular complexity index is 519. The Hall–Kier alpha value is -1.91. The van der Waals surface area contributed by atoms with E-state index in [2.05, 4.69) is 4.99 Å². The van der Waals surface area contributed by atoms with Crippen molar-refractivity contribution in [2.75, 3.05) is 0 Å². The number of nitriles is 1. The average Bonchev–Trinajstić information content (AvgIpc) is 2.29. The number of aliphatic imine (C=N–C) groups is 1. The number of benzene rings is 1. The van der Waals surface area contributed by atoms with Gasteiger partial charge in [0.05, 0.1) is 11.1 Å². The topological polar surface area (TPSA) is 90.5 Å². The molecule has 0 saturated carbocycles. The Morgan fingerprint density at radius 3 is 2.21 bits per heavy atom. The van der Waals surface area contributed by atoms with Crippen molar-refractivity contribution >= 4 is 12.0 Å². The third-order valence-corrected chi connectivity index (χ3v) is 1.61. The van der Waals surface area contributed by atoms with Crippen LogP contribution in [0.1, 0.15) is 15.9 Å². The van der Waals surface area contributed by atoms with Crippen LogP contribution in [0.25, 0.3) is 0 Å². The first kappa shape index (κ1) is 19.4. The molecular formula is C10H5AgF3N2O3. The number of carbonyl (C=O) groups excluding carboxylic acids is 2. The van der Waals surface area contributed by atoms with Crippen LogP contribution in [0.2, 0.25) is 0 Å². The fourth-order valence-electron chi connectivity index (χ4n) is 1.02. The summed E-state index contributed by atoms with van der Waals surface area (Å²) in [5, 5.41) is 13.8. The van der Waals surface area contributed by atoms with E-state index >= 15 is 0 Å². The zero-order valence-electron chi connectivity index (χ0n) is 8.90. The van der Waals surface area contributed by atoms with Gasteiger partial charge < -0.3 is 5.11 Å². The number of aliphatic hydroxyl groups is 1. The number of halogens is 3. The zero-order chi connectivity index (χ0) is 14.2. The van der Waals surface area contributed by atoms with Gasteiger partial charge in [0.2, 0.25) is 6.08 Å². The minimum absolute atomic E-state index is 0. The van der Waals surface area contributed by atoms with Crippen LogP contribution in [-0.2, 0) is 33.4 Å². The standard InChI is InChI=1S/C9H4F3NO2.CHNO.Ag/c10-9(11,12)7-4-2-1-3-6(7)8(15)13-5-14;2-1-3;/h1-4H;3H;. The summed E-state index contributed by atoms with van der Waals surface area (Å²) in [6.07, 6.45) is -3.00. The van der Waals surface area contributed by atoms with Crippen LogP contribution in [0, 0.1) is 11.5 Å². The Morgan fingerprint density at radius 1 is 1.32 bits per heavy atom. The van der Waals surface area contributed by atoms with Crippen molar-refractivity contribution in [1.82, 2.24) is 0 Å². The molecule has 0 atom stereocenters. The van der Waals surface area contributed by atoms with Gasteiger partial charge >= 0.3 is 6.18 Å². The number of alkyl halides is 3. The fraction of sp³-hybridized carbons (Fsp3) is 0.100. The van der Waals surface area contributed by atoms with Gasteiger partial charge in [-0.05, 0) is 12.1 Å². The van der Waals surface area contributed by atoms with E-state index in [4.69, 9.17) is 10.4 Å². The molecule has 0 saturated heterocycles. The van der Waals surface area contributed by atoms with Gasteiger partial charge in [-0.1, -0.05) is 12.1 Å². The van der Waals surface area contributed by atoms with Crippen molar-refractivity contribution < 1.29 is 50.2 Å². The molecule has 0 spiro atoms. The van der Waals surface area contributed by atoms with Crippen molar-refractivity contribution in [3.63, 3.8) is 0 Å². The summed E-state index contributed by atoms with van der Waals surface area (Å²) in [4.78, 5) is 23.4. The summed E-state index contributed by atoms with van der Waals surface area (Å²) < 4.78 is 37.1. The molecule has 1 amide bonds. The van der Waals surface area contributed by atoms with E-state index in [1.165, 1.54) is 6.07 Å². The Kier molecular flexibility index (Phi) is 9.28. The van der Waals surface area contributed by atoms with E-state index < -0.39 is 23.2 Å². The maximum Gasteiger partial charge on any atom is 0.417 e. The third-order valence-electron chi connectivity index (χ3n) is 1.61. The Labute approximate surface area is 120 Å². The largest absolute Gasteiger partial charge is 0.443 e. The monoisotopic (exact) mass is 365 g/mol. The molecule has 1 rings (SSSR count). The number of carbonyl (C=O) groups is 1. The van der Waals surface area contributed by atoms with Gasteiger partial charge in [0.1, 0.15) is 0 Å².